The maximum atomic E-state index is 14.0. The highest BCUT2D eigenvalue weighted by Gasteiger charge is 2.31. The van der Waals surface area contributed by atoms with E-state index in [0.717, 1.165) is 35.2 Å². The van der Waals surface area contributed by atoms with Crippen LogP contribution in [0.4, 0.5) is 14.6 Å². The number of benzene rings is 1. The highest BCUT2D eigenvalue weighted by molar-refractivity contribution is 5.74. The fraction of sp³-hybridized carbons (Fsp3) is 0.391. The number of carbonyl (C=O) groups excluding carboxylic acids is 1. The number of ether oxygens (including phenoxy) is 1. The number of carbonyl (C=O) groups is 1. The Hall–Kier alpha value is -3.56. The van der Waals surface area contributed by atoms with E-state index in [0.29, 0.717) is 50.5 Å². The smallest absolute Gasteiger partial charge is 0.219 e. The minimum atomic E-state index is -0.588. The first kappa shape index (κ1) is 21.3. The zero-order chi connectivity index (χ0) is 23.1. The molecule has 172 valence electrons. The van der Waals surface area contributed by atoms with Crippen LogP contribution < -0.4 is 9.64 Å². The summed E-state index contributed by atoms with van der Waals surface area (Å²) in [4.78, 5) is 25.5. The lowest BCUT2D eigenvalue weighted by Crippen LogP contribution is -2.36. The molecule has 0 radical (unpaired) electrons. The molecule has 0 N–H and O–H groups in total. The van der Waals surface area contributed by atoms with E-state index in [4.69, 9.17) is 14.7 Å². The highest BCUT2D eigenvalue weighted by Crippen LogP contribution is 2.33. The maximum Gasteiger partial charge on any atom is 0.219 e. The van der Waals surface area contributed by atoms with Crippen LogP contribution >= 0.6 is 0 Å². The first-order chi connectivity index (χ1) is 15.9. The molecule has 2 aliphatic heterocycles. The van der Waals surface area contributed by atoms with Crippen molar-refractivity contribution in [2.45, 2.75) is 32.4 Å². The van der Waals surface area contributed by atoms with Crippen molar-refractivity contribution < 1.29 is 18.3 Å². The molecule has 0 saturated carbocycles. The number of aromatic nitrogens is 4. The quantitative estimate of drug-likeness (QED) is 0.604. The number of nitrogens with zero attached hydrogens (tertiary/aromatic N) is 6. The molecule has 1 atom stereocenters. The van der Waals surface area contributed by atoms with Gasteiger partial charge in [-0.25, -0.2) is 18.7 Å². The Balaban J connectivity index is 1.45. The molecule has 1 fully saturated rings. The average Bonchev–Trinajstić information content (AvgIpc) is 3.44. The Bertz CT molecular complexity index is 1210. The molecule has 10 heteroatoms. The Kier molecular flexibility index (Phi) is 5.43. The Morgan fingerprint density at radius 3 is 2.79 bits per heavy atom. The van der Waals surface area contributed by atoms with Gasteiger partial charge in [-0.05, 0) is 12.1 Å². The zero-order valence-electron chi connectivity index (χ0n) is 18.5. The van der Waals surface area contributed by atoms with Crippen LogP contribution in [0.2, 0.25) is 0 Å². The second-order valence-corrected chi connectivity index (χ2v) is 8.43. The van der Waals surface area contributed by atoms with Gasteiger partial charge in [-0.2, -0.15) is 5.10 Å². The number of aryl methyl sites for hydroxylation is 1. The molecule has 1 saturated heterocycles. The lowest BCUT2D eigenvalue weighted by Gasteiger charge is -2.29. The van der Waals surface area contributed by atoms with Gasteiger partial charge in [0.2, 0.25) is 5.91 Å². The van der Waals surface area contributed by atoms with Crippen LogP contribution in [0.1, 0.15) is 24.7 Å². The van der Waals surface area contributed by atoms with Crippen molar-refractivity contribution in [3.8, 4) is 17.0 Å². The lowest BCUT2D eigenvalue weighted by molar-refractivity contribution is -0.129. The van der Waals surface area contributed by atoms with Crippen LogP contribution in [-0.4, -0.2) is 56.3 Å². The van der Waals surface area contributed by atoms with E-state index in [1.54, 1.807) is 22.7 Å². The average molecular weight is 454 g/mol. The summed E-state index contributed by atoms with van der Waals surface area (Å²) >= 11 is 0. The molecular formula is C23H24F2N6O2. The Morgan fingerprint density at radius 2 is 2.03 bits per heavy atom. The summed E-state index contributed by atoms with van der Waals surface area (Å²) < 4.78 is 35.1. The van der Waals surface area contributed by atoms with Crippen molar-refractivity contribution >= 4 is 11.7 Å². The molecule has 1 unspecified atom stereocenters. The molecule has 1 amide bonds. The molecule has 33 heavy (non-hydrogen) atoms. The first-order valence-electron chi connectivity index (χ1n) is 10.9. The van der Waals surface area contributed by atoms with Crippen LogP contribution in [0.5, 0.6) is 5.75 Å². The molecule has 1 aromatic carbocycles. The van der Waals surface area contributed by atoms with Gasteiger partial charge in [0.1, 0.15) is 17.6 Å². The van der Waals surface area contributed by atoms with Crippen molar-refractivity contribution in [3.05, 3.63) is 53.6 Å². The minimum Gasteiger partial charge on any atom is -0.485 e. The molecule has 2 aromatic heterocycles. The first-order valence-corrected chi connectivity index (χ1v) is 10.9. The van der Waals surface area contributed by atoms with Crippen molar-refractivity contribution in [2.24, 2.45) is 7.05 Å². The standard InChI is InChI=1S/C23H24F2N6O2/c1-14(32)30-8-6-19-20(13-30)27-22(15-10-26-29(2)11-15)23(28-19)31-7-5-17(12-31)33-21-9-16(24)3-4-18(21)25/h3-4,9-11,17H,5-8,12-13H2,1-2H3. The fourth-order valence-corrected chi connectivity index (χ4v) is 4.31. The van der Waals surface area contributed by atoms with Crippen LogP contribution in [0.25, 0.3) is 11.3 Å². The summed E-state index contributed by atoms with van der Waals surface area (Å²) in [5, 5.41) is 4.27. The number of fused-ring (bicyclic) bond motifs is 1. The molecule has 0 bridgehead atoms. The van der Waals surface area contributed by atoms with Gasteiger partial charge in [0.15, 0.2) is 17.4 Å². The number of anilines is 1. The Morgan fingerprint density at radius 1 is 1.18 bits per heavy atom. The van der Waals surface area contributed by atoms with Gasteiger partial charge < -0.3 is 14.5 Å². The highest BCUT2D eigenvalue weighted by atomic mass is 19.1. The van der Waals surface area contributed by atoms with Gasteiger partial charge in [0.05, 0.1) is 30.7 Å². The van der Waals surface area contributed by atoms with Crippen molar-refractivity contribution in [3.63, 3.8) is 0 Å². The molecular weight excluding hydrogens is 430 g/mol. The van der Waals surface area contributed by atoms with E-state index in [2.05, 4.69) is 10.00 Å². The second kappa shape index (κ2) is 8.42. The maximum absolute atomic E-state index is 14.0. The van der Waals surface area contributed by atoms with Gasteiger partial charge >= 0.3 is 0 Å². The van der Waals surface area contributed by atoms with E-state index in [9.17, 15) is 13.6 Å². The number of hydrogen-bond donors (Lipinski definition) is 0. The lowest BCUT2D eigenvalue weighted by atomic mass is 10.1. The monoisotopic (exact) mass is 454 g/mol. The number of amides is 1. The zero-order valence-corrected chi connectivity index (χ0v) is 18.5. The molecule has 0 aliphatic carbocycles. The van der Waals surface area contributed by atoms with Gasteiger partial charge in [-0.15, -0.1) is 0 Å². The largest absolute Gasteiger partial charge is 0.485 e. The summed E-state index contributed by atoms with van der Waals surface area (Å²) in [7, 11) is 1.83. The summed E-state index contributed by atoms with van der Waals surface area (Å²) in [5.74, 6) is -0.493. The fourth-order valence-electron chi connectivity index (χ4n) is 4.31. The van der Waals surface area contributed by atoms with Crippen molar-refractivity contribution in [1.29, 1.82) is 0 Å². The van der Waals surface area contributed by atoms with Crippen LogP contribution in [0.3, 0.4) is 0 Å². The Labute approximate surface area is 189 Å². The van der Waals surface area contributed by atoms with E-state index in [1.165, 1.54) is 0 Å². The summed E-state index contributed by atoms with van der Waals surface area (Å²) in [6.45, 7) is 3.70. The van der Waals surface area contributed by atoms with E-state index >= 15 is 0 Å². The summed E-state index contributed by atoms with van der Waals surface area (Å²) in [6.07, 6.45) is 4.56. The van der Waals surface area contributed by atoms with Gasteiger partial charge in [-0.1, -0.05) is 0 Å². The minimum absolute atomic E-state index is 0.0126. The van der Waals surface area contributed by atoms with Crippen LogP contribution in [-0.2, 0) is 24.8 Å². The van der Waals surface area contributed by atoms with E-state index in [1.807, 2.05) is 13.2 Å². The topological polar surface area (TPSA) is 76.4 Å². The molecule has 0 spiro atoms. The molecule has 8 nitrogen and oxygen atoms in total. The number of hydrogen-bond acceptors (Lipinski definition) is 6. The number of rotatable bonds is 4. The van der Waals surface area contributed by atoms with Gasteiger partial charge in [-0.3, -0.25) is 9.48 Å². The normalized spacial score (nSPS) is 17.9. The molecule has 5 rings (SSSR count). The van der Waals surface area contributed by atoms with Crippen molar-refractivity contribution in [2.75, 3.05) is 24.5 Å². The third-order valence-corrected chi connectivity index (χ3v) is 6.05. The molecule has 2 aliphatic rings. The van der Waals surface area contributed by atoms with Crippen molar-refractivity contribution in [1.82, 2.24) is 24.6 Å². The summed E-state index contributed by atoms with van der Waals surface area (Å²) in [5.41, 5.74) is 3.16. The predicted octanol–water partition coefficient (Wildman–Crippen LogP) is 2.72. The summed E-state index contributed by atoms with van der Waals surface area (Å²) in [6, 6.07) is 3.20. The van der Waals surface area contributed by atoms with E-state index < -0.39 is 11.6 Å². The third kappa shape index (κ3) is 4.24. The predicted molar refractivity (Wildman–Crippen MR) is 117 cm³/mol. The molecule has 4 heterocycles. The second-order valence-electron chi connectivity index (χ2n) is 8.43. The van der Waals surface area contributed by atoms with Gasteiger partial charge in [0.25, 0.3) is 0 Å². The SMILES string of the molecule is CC(=O)N1CCc2nc(N3CCC(Oc4cc(F)ccc4F)C3)c(-c3cnn(C)c3)nc2C1. The third-order valence-electron chi connectivity index (χ3n) is 6.05. The van der Waals surface area contributed by atoms with E-state index in [-0.39, 0.29) is 17.8 Å². The van der Waals surface area contributed by atoms with Crippen LogP contribution in [0.15, 0.2) is 30.6 Å². The number of halogens is 2. The van der Waals surface area contributed by atoms with Crippen LogP contribution in [0, 0.1) is 11.6 Å². The van der Waals surface area contributed by atoms with Gasteiger partial charge in [0, 0.05) is 57.7 Å². The molecule has 3 aromatic rings.